The molecule has 0 atom stereocenters. The Morgan fingerprint density at radius 3 is 2.69 bits per heavy atom. The highest BCUT2D eigenvalue weighted by molar-refractivity contribution is 8.23. The normalized spacial score (nSPS) is 18.0. The van der Waals surface area contributed by atoms with Gasteiger partial charge >= 0.3 is 0 Å². The van der Waals surface area contributed by atoms with Gasteiger partial charge in [0, 0.05) is 13.1 Å². The van der Waals surface area contributed by atoms with Crippen LogP contribution in [-0.4, -0.2) is 45.7 Å². The number of carbonyl (C=O) groups is 2. The summed E-state index contributed by atoms with van der Waals surface area (Å²) in [4.78, 5) is 26.4. The minimum Gasteiger partial charge on any atom is -0.357 e. The van der Waals surface area contributed by atoms with Gasteiger partial charge in [-0.3, -0.25) is 9.59 Å². The molecule has 138 valence electrons. The number of nitrogens with zero attached hydrogens (tertiary/aromatic N) is 3. The first kappa shape index (κ1) is 18.8. The molecule has 3 rings (SSSR count). The Bertz CT molecular complexity index is 715. The smallest absolute Gasteiger partial charge is 0.255 e. The summed E-state index contributed by atoms with van der Waals surface area (Å²) in [6.45, 7) is 4.17. The molecule has 2 aliphatic heterocycles. The van der Waals surface area contributed by atoms with Gasteiger partial charge in [-0.05, 0) is 30.9 Å². The summed E-state index contributed by atoms with van der Waals surface area (Å²) in [5, 5.41) is 8.27. The molecule has 0 saturated carbocycles. The average molecular weight is 391 g/mol. The second kappa shape index (κ2) is 8.64. The first-order valence-corrected chi connectivity index (χ1v) is 10.1. The fourth-order valence-corrected chi connectivity index (χ4v) is 3.93. The van der Waals surface area contributed by atoms with E-state index in [0.717, 1.165) is 36.2 Å². The largest absolute Gasteiger partial charge is 0.357 e. The van der Waals surface area contributed by atoms with Crippen molar-refractivity contribution in [2.24, 2.45) is 11.0 Å². The highest BCUT2D eigenvalue weighted by Crippen LogP contribution is 2.21. The number of hydrogen-bond acceptors (Lipinski definition) is 5. The van der Waals surface area contributed by atoms with Gasteiger partial charge in [-0.15, -0.1) is 0 Å². The number of carbonyl (C=O) groups excluding carboxylic acids is 2. The zero-order valence-electron chi connectivity index (χ0n) is 14.7. The second-order valence-electron chi connectivity index (χ2n) is 6.54. The van der Waals surface area contributed by atoms with Gasteiger partial charge in [-0.25, -0.2) is 0 Å². The number of thiocarbonyl (C=S) groups is 1. The molecular weight excluding hydrogens is 368 g/mol. The van der Waals surface area contributed by atoms with Crippen LogP contribution in [0.15, 0.2) is 35.4 Å². The molecule has 1 N–H and O–H groups in total. The Balaban J connectivity index is 1.48. The van der Waals surface area contributed by atoms with Gasteiger partial charge in [0.1, 0.15) is 10.2 Å². The summed E-state index contributed by atoms with van der Waals surface area (Å²) >= 11 is 6.80. The van der Waals surface area contributed by atoms with Crippen LogP contribution in [-0.2, 0) is 9.59 Å². The summed E-state index contributed by atoms with van der Waals surface area (Å²) in [6.07, 6.45) is 2.38. The molecule has 1 aromatic carbocycles. The van der Waals surface area contributed by atoms with Crippen molar-refractivity contribution in [3.05, 3.63) is 30.3 Å². The van der Waals surface area contributed by atoms with E-state index in [2.05, 4.69) is 22.2 Å². The van der Waals surface area contributed by atoms with Gasteiger partial charge in [0.25, 0.3) is 5.91 Å². The minimum absolute atomic E-state index is 0.0970. The predicted molar refractivity (Wildman–Crippen MR) is 109 cm³/mol. The summed E-state index contributed by atoms with van der Waals surface area (Å²) in [5.74, 6) is 1.000. The lowest BCUT2D eigenvalue weighted by atomic mass is 10.00. The number of hydrazone groups is 1. The molecule has 26 heavy (non-hydrogen) atoms. The topological polar surface area (TPSA) is 65.0 Å². The van der Waals surface area contributed by atoms with E-state index in [-0.39, 0.29) is 24.0 Å². The maximum atomic E-state index is 12.2. The van der Waals surface area contributed by atoms with E-state index in [0.29, 0.717) is 11.5 Å². The maximum Gasteiger partial charge on any atom is 0.255 e. The molecule has 2 heterocycles. The molecule has 0 bridgehead atoms. The fraction of sp³-hybridized carbons (Fsp3) is 0.444. The molecule has 0 radical (unpaired) electrons. The van der Waals surface area contributed by atoms with Crippen molar-refractivity contribution in [2.45, 2.75) is 26.2 Å². The molecule has 2 amide bonds. The minimum atomic E-state index is -0.191. The number of rotatable bonds is 3. The van der Waals surface area contributed by atoms with Gasteiger partial charge in [0.2, 0.25) is 5.91 Å². The van der Waals surface area contributed by atoms with Gasteiger partial charge in [0.05, 0.1) is 17.9 Å². The van der Waals surface area contributed by atoms with Crippen molar-refractivity contribution in [2.75, 3.05) is 23.9 Å². The van der Waals surface area contributed by atoms with Crippen LogP contribution < -0.4 is 10.3 Å². The van der Waals surface area contributed by atoms with E-state index in [9.17, 15) is 9.59 Å². The Labute approximate surface area is 163 Å². The Morgan fingerprint density at radius 1 is 1.31 bits per heavy atom. The SMILES string of the molecule is CC1CCN(C(=S)SCC(=O)NC2=NN(c3ccccc3)C(=O)C2)CC1. The number of amides is 2. The van der Waals surface area contributed by atoms with Gasteiger partial charge < -0.3 is 10.2 Å². The van der Waals surface area contributed by atoms with Crippen molar-refractivity contribution in [1.82, 2.24) is 10.2 Å². The van der Waals surface area contributed by atoms with Crippen molar-refractivity contribution in [1.29, 1.82) is 0 Å². The van der Waals surface area contributed by atoms with E-state index in [4.69, 9.17) is 12.2 Å². The number of benzene rings is 1. The van der Waals surface area contributed by atoms with Crippen molar-refractivity contribution in [3.8, 4) is 0 Å². The number of thioether (sulfide) groups is 1. The third-order valence-corrected chi connectivity index (χ3v) is 5.95. The van der Waals surface area contributed by atoms with E-state index < -0.39 is 0 Å². The van der Waals surface area contributed by atoms with E-state index in [1.165, 1.54) is 16.8 Å². The van der Waals surface area contributed by atoms with E-state index in [1.54, 1.807) is 12.1 Å². The Hall–Kier alpha value is -1.93. The lowest BCUT2D eigenvalue weighted by molar-refractivity contribution is -0.117. The summed E-state index contributed by atoms with van der Waals surface area (Å²) < 4.78 is 0.766. The zero-order chi connectivity index (χ0) is 18.5. The zero-order valence-corrected chi connectivity index (χ0v) is 16.3. The molecule has 1 aromatic rings. The molecule has 0 aliphatic carbocycles. The maximum absolute atomic E-state index is 12.2. The number of anilines is 1. The number of para-hydroxylation sites is 1. The lowest BCUT2D eigenvalue weighted by Gasteiger charge is -2.31. The van der Waals surface area contributed by atoms with Crippen molar-refractivity contribution < 1.29 is 9.59 Å². The summed E-state index contributed by atoms with van der Waals surface area (Å²) in [6, 6.07) is 9.17. The van der Waals surface area contributed by atoms with E-state index in [1.807, 2.05) is 18.2 Å². The van der Waals surface area contributed by atoms with Crippen LogP contribution in [0.2, 0.25) is 0 Å². The third kappa shape index (κ3) is 4.82. The monoisotopic (exact) mass is 390 g/mol. The third-order valence-electron chi connectivity index (χ3n) is 4.43. The first-order valence-electron chi connectivity index (χ1n) is 8.70. The van der Waals surface area contributed by atoms with Crippen LogP contribution in [0.3, 0.4) is 0 Å². The lowest BCUT2D eigenvalue weighted by Crippen LogP contribution is -2.37. The molecule has 2 aliphatic rings. The predicted octanol–water partition coefficient (Wildman–Crippen LogP) is 2.60. The van der Waals surface area contributed by atoms with Gasteiger partial charge in [-0.1, -0.05) is 49.1 Å². The molecule has 0 unspecified atom stereocenters. The number of likely N-dealkylation sites (tertiary alicyclic amines) is 1. The molecule has 0 aromatic heterocycles. The van der Waals surface area contributed by atoms with Crippen LogP contribution >= 0.6 is 24.0 Å². The summed E-state index contributed by atoms with van der Waals surface area (Å²) in [5.41, 5.74) is 0.691. The van der Waals surface area contributed by atoms with Crippen LogP contribution in [0.25, 0.3) is 0 Å². The number of hydrogen-bond donors (Lipinski definition) is 1. The quantitative estimate of drug-likeness (QED) is 0.804. The van der Waals surface area contributed by atoms with Gasteiger partial charge in [-0.2, -0.15) is 10.1 Å². The van der Waals surface area contributed by atoms with Crippen LogP contribution in [0.4, 0.5) is 5.69 Å². The van der Waals surface area contributed by atoms with Crippen LogP contribution in [0.5, 0.6) is 0 Å². The Morgan fingerprint density at radius 2 is 2.00 bits per heavy atom. The molecule has 6 nitrogen and oxygen atoms in total. The molecule has 8 heteroatoms. The highest BCUT2D eigenvalue weighted by Gasteiger charge is 2.26. The average Bonchev–Trinajstić information content (AvgIpc) is 3.01. The fourth-order valence-electron chi connectivity index (χ4n) is 2.88. The molecule has 1 fully saturated rings. The first-order chi connectivity index (χ1) is 12.5. The molecular formula is C18H22N4O2S2. The Kier molecular flexibility index (Phi) is 6.26. The molecule has 1 saturated heterocycles. The van der Waals surface area contributed by atoms with Gasteiger partial charge in [0.15, 0.2) is 0 Å². The highest BCUT2D eigenvalue weighted by atomic mass is 32.2. The molecule has 0 spiro atoms. The van der Waals surface area contributed by atoms with E-state index >= 15 is 0 Å². The second-order valence-corrected chi connectivity index (χ2v) is 8.15. The number of amidine groups is 1. The van der Waals surface area contributed by atoms with Crippen molar-refractivity contribution in [3.63, 3.8) is 0 Å². The van der Waals surface area contributed by atoms with Crippen molar-refractivity contribution >= 4 is 51.6 Å². The van der Waals surface area contributed by atoms with Crippen LogP contribution in [0.1, 0.15) is 26.2 Å². The number of piperidine rings is 1. The number of nitrogens with one attached hydrogen (secondary N) is 1. The van der Waals surface area contributed by atoms with Crippen LogP contribution in [0, 0.1) is 5.92 Å². The summed E-state index contributed by atoms with van der Waals surface area (Å²) in [7, 11) is 0. The standard InChI is InChI=1S/C18H22N4O2S2/c1-13-7-9-21(10-8-13)18(25)26-12-16(23)19-15-11-17(24)22(20-15)14-5-3-2-4-6-14/h2-6,13H,7-12H2,1H3,(H,19,20,23).